The zero-order valence-corrected chi connectivity index (χ0v) is 15.2. The fourth-order valence-electron chi connectivity index (χ4n) is 2.89. The Kier molecular flexibility index (Phi) is 5.15. The van der Waals surface area contributed by atoms with E-state index in [2.05, 4.69) is 10.3 Å². The lowest BCUT2D eigenvalue weighted by molar-refractivity contribution is 0.0951. The van der Waals surface area contributed by atoms with Crippen LogP contribution in [0.25, 0.3) is 5.69 Å². The number of nitrogens with zero attached hydrogens (tertiary/aromatic N) is 2. The number of aromatic nitrogens is 2. The van der Waals surface area contributed by atoms with Crippen molar-refractivity contribution in [3.05, 3.63) is 109 Å². The van der Waals surface area contributed by atoms with Gasteiger partial charge in [0.25, 0.3) is 5.91 Å². The first-order chi connectivity index (χ1) is 13.8. The third-order valence-electron chi connectivity index (χ3n) is 4.31. The number of amides is 1. The predicted molar refractivity (Wildman–Crippen MR) is 108 cm³/mol. The molecule has 1 aromatic heterocycles. The molecule has 28 heavy (non-hydrogen) atoms. The van der Waals surface area contributed by atoms with Crippen molar-refractivity contribution in [2.75, 3.05) is 0 Å². The summed E-state index contributed by atoms with van der Waals surface area (Å²) in [5, 5.41) is 2.97. The van der Waals surface area contributed by atoms with Gasteiger partial charge in [0, 0.05) is 24.5 Å². The highest BCUT2D eigenvalue weighted by molar-refractivity contribution is 5.94. The number of imidazole rings is 1. The Morgan fingerprint density at radius 3 is 2.36 bits per heavy atom. The van der Waals surface area contributed by atoms with Crippen molar-refractivity contribution in [2.45, 2.75) is 6.54 Å². The van der Waals surface area contributed by atoms with Crippen molar-refractivity contribution in [3.8, 4) is 17.2 Å². The van der Waals surface area contributed by atoms with Crippen LogP contribution in [-0.4, -0.2) is 15.5 Å². The molecule has 0 saturated heterocycles. The molecule has 0 radical (unpaired) electrons. The van der Waals surface area contributed by atoms with E-state index >= 15 is 0 Å². The first-order valence-electron chi connectivity index (χ1n) is 8.97. The summed E-state index contributed by atoms with van der Waals surface area (Å²) in [5.41, 5.74) is 2.59. The molecule has 0 unspecified atom stereocenters. The van der Waals surface area contributed by atoms with Crippen molar-refractivity contribution in [1.29, 1.82) is 0 Å². The monoisotopic (exact) mass is 369 g/mol. The van der Waals surface area contributed by atoms with Crippen LogP contribution in [0.2, 0.25) is 0 Å². The maximum absolute atomic E-state index is 12.5. The van der Waals surface area contributed by atoms with Gasteiger partial charge in [-0.2, -0.15) is 0 Å². The second-order valence-corrected chi connectivity index (χ2v) is 6.22. The third-order valence-corrected chi connectivity index (χ3v) is 4.31. The van der Waals surface area contributed by atoms with E-state index in [4.69, 9.17) is 4.74 Å². The zero-order chi connectivity index (χ0) is 19.2. The van der Waals surface area contributed by atoms with Gasteiger partial charge >= 0.3 is 0 Å². The molecule has 4 rings (SSSR count). The lowest BCUT2D eigenvalue weighted by Crippen LogP contribution is -2.23. The van der Waals surface area contributed by atoms with Gasteiger partial charge in [-0.3, -0.25) is 4.79 Å². The first-order valence-corrected chi connectivity index (χ1v) is 8.97. The minimum absolute atomic E-state index is 0.133. The minimum atomic E-state index is -0.133. The van der Waals surface area contributed by atoms with Crippen LogP contribution in [0.4, 0.5) is 0 Å². The minimum Gasteiger partial charge on any atom is -0.457 e. The number of benzene rings is 3. The van der Waals surface area contributed by atoms with E-state index in [0.717, 1.165) is 17.0 Å². The van der Waals surface area contributed by atoms with Crippen LogP contribution in [0, 0.1) is 0 Å². The number of carbonyl (C=O) groups is 1. The van der Waals surface area contributed by atoms with E-state index in [-0.39, 0.29) is 5.91 Å². The number of para-hydroxylation sites is 2. The van der Waals surface area contributed by atoms with E-state index in [1.54, 1.807) is 36.8 Å². The quantitative estimate of drug-likeness (QED) is 0.541. The summed E-state index contributed by atoms with van der Waals surface area (Å²) < 4.78 is 7.69. The lowest BCUT2D eigenvalue weighted by Gasteiger charge is -2.11. The molecule has 1 amide bonds. The Morgan fingerprint density at radius 1 is 0.893 bits per heavy atom. The van der Waals surface area contributed by atoms with Gasteiger partial charge in [0.15, 0.2) is 0 Å². The maximum atomic E-state index is 12.5. The summed E-state index contributed by atoms with van der Waals surface area (Å²) in [6.07, 6.45) is 5.35. The largest absolute Gasteiger partial charge is 0.457 e. The molecular formula is C23H19N3O2. The van der Waals surface area contributed by atoms with Crippen molar-refractivity contribution >= 4 is 5.91 Å². The Hall–Kier alpha value is -3.86. The molecule has 138 valence electrons. The molecule has 0 aliphatic carbocycles. The van der Waals surface area contributed by atoms with Crippen LogP contribution in [0.1, 0.15) is 15.9 Å². The number of hydrogen-bond acceptors (Lipinski definition) is 3. The Morgan fingerprint density at radius 2 is 1.61 bits per heavy atom. The topological polar surface area (TPSA) is 56.2 Å². The number of carbonyl (C=O) groups excluding carboxylic acids is 1. The SMILES string of the molecule is O=C(NCc1ccccc1-n1ccnc1)c1ccc(Oc2ccccc2)cc1. The molecule has 3 aromatic carbocycles. The molecule has 0 fully saturated rings. The zero-order valence-electron chi connectivity index (χ0n) is 15.2. The fourth-order valence-corrected chi connectivity index (χ4v) is 2.89. The van der Waals surface area contributed by atoms with Crippen LogP contribution < -0.4 is 10.1 Å². The molecule has 5 nitrogen and oxygen atoms in total. The maximum Gasteiger partial charge on any atom is 0.251 e. The van der Waals surface area contributed by atoms with E-state index in [1.165, 1.54) is 0 Å². The average Bonchev–Trinajstić information content (AvgIpc) is 3.28. The van der Waals surface area contributed by atoms with Gasteiger partial charge in [-0.05, 0) is 48.0 Å². The number of nitrogens with one attached hydrogen (secondary N) is 1. The first kappa shape index (κ1) is 17.5. The van der Waals surface area contributed by atoms with Gasteiger partial charge in [0.05, 0.1) is 12.0 Å². The fraction of sp³-hybridized carbons (Fsp3) is 0.0435. The summed E-state index contributed by atoms with van der Waals surface area (Å²) in [6, 6.07) is 24.6. The van der Waals surface area contributed by atoms with Crippen LogP contribution in [0.3, 0.4) is 0 Å². The number of ether oxygens (including phenoxy) is 1. The van der Waals surface area contributed by atoms with Gasteiger partial charge in [-0.25, -0.2) is 4.98 Å². The molecule has 0 aliphatic rings. The van der Waals surface area contributed by atoms with Crippen LogP contribution in [-0.2, 0) is 6.54 Å². The Balaban J connectivity index is 1.41. The summed E-state index contributed by atoms with van der Waals surface area (Å²) in [5.74, 6) is 1.32. The molecule has 5 heteroatoms. The second-order valence-electron chi connectivity index (χ2n) is 6.22. The highest BCUT2D eigenvalue weighted by Gasteiger charge is 2.08. The molecule has 0 aliphatic heterocycles. The molecule has 1 N–H and O–H groups in total. The molecule has 0 bridgehead atoms. The molecule has 0 atom stereocenters. The van der Waals surface area contributed by atoms with Gasteiger partial charge in [-0.1, -0.05) is 36.4 Å². The normalized spacial score (nSPS) is 10.4. The number of rotatable bonds is 6. The molecule has 0 spiro atoms. The molecule has 0 saturated carbocycles. The van der Waals surface area contributed by atoms with Crippen molar-refractivity contribution < 1.29 is 9.53 Å². The molecule has 4 aromatic rings. The van der Waals surface area contributed by atoms with Crippen LogP contribution in [0.5, 0.6) is 11.5 Å². The summed E-state index contributed by atoms with van der Waals surface area (Å²) in [7, 11) is 0. The summed E-state index contributed by atoms with van der Waals surface area (Å²) >= 11 is 0. The van der Waals surface area contributed by atoms with Crippen molar-refractivity contribution in [1.82, 2.24) is 14.9 Å². The molecular weight excluding hydrogens is 350 g/mol. The summed E-state index contributed by atoms with van der Waals surface area (Å²) in [4.78, 5) is 16.6. The van der Waals surface area contributed by atoms with Gasteiger partial charge in [0.1, 0.15) is 11.5 Å². The molecule has 1 heterocycles. The highest BCUT2D eigenvalue weighted by Crippen LogP contribution is 2.21. The Labute approximate surface area is 163 Å². The lowest BCUT2D eigenvalue weighted by atomic mass is 10.1. The van der Waals surface area contributed by atoms with E-state index in [9.17, 15) is 4.79 Å². The summed E-state index contributed by atoms with van der Waals surface area (Å²) in [6.45, 7) is 0.426. The smallest absolute Gasteiger partial charge is 0.251 e. The van der Waals surface area contributed by atoms with Gasteiger partial charge < -0.3 is 14.6 Å². The van der Waals surface area contributed by atoms with Crippen molar-refractivity contribution in [2.24, 2.45) is 0 Å². The van der Waals surface area contributed by atoms with E-state index < -0.39 is 0 Å². The van der Waals surface area contributed by atoms with Crippen LogP contribution >= 0.6 is 0 Å². The third kappa shape index (κ3) is 4.10. The highest BCUT2D eigenvalue weighted by atomic mass is 16.5. The average molecular weight is 369 g/mol. The Bertz CT molecular complexity index is 1040. The van der Waals surface area contributed by atoms with E-state index in [0.29, 0.717) is 17.9 Å². The van der Waals surface area contributed by atoms with Gasteiger partial charge in [0.2, 0.25) is 0 Å². The van der Waals surface area contributed by atoms with E-state index in [1.807, 2.05) is 65.4 Å². The predicted octanol–water partition coefficient (Wildman–Crippen LogP) is 4.59. The number of hydrogen-bond donors (Lipinski definition) is 1. The van der Waals surface area contributed by atoms with Gasteiger partial charge in [-0.15, -0.1) is 0 Å². The second kappa shape index (κ2) is 8.22. The van der Waals surface area contributed by atoms with Crippen molar-refractivity contribution in [3.63, 3.8) is 0 Å². The standard InChI is InChI=1S/C23H19N3O2/c27-23(18-10-12-21(13-11-18)28-20-7-2-1-3-8-20)25-16-19-6-4-5-9-22(19)26-15-14-24-17-26/h1-15,17H,16H2,(H,25,27). The van der Waals surface area contributed by atoms with Crippen LogP contribution in [0.15, 0.2) is 97.6 Å².